The lowest BCUT2D eigenvalue weighted by molar-refractivity contribution is -0.0759. The SMILES string of the molecule is CC[C@@]1(C)C[C@@H](Sc2cnc(-c3ccc(-n4ccnc4)cc3O)nn2)CC(F)(F)C1. The Hall–Kier alpha value is -2.55. The van der Waals surface area contributed by atoms with E-state index in [-0.39, 0.29) is 35.1 Å². The minimum Gasteiger partial charge on any atom is -0.507 e. The van der Waals surface area contributed by atoms with Crippen LogP contribution in [0, 0.1) is 5.41 Å². The second-order valence-electron chi connectivity index (χ2n) is 8.14. The maximum absolute atomic E-state index is 14.2. The van der Waals surface area contributed by atoms with E-state index in [0.717, 1.165) is 12.1 Å². The largest absolute Gasteiger partial charge is 0.507 e. The van der Waals surface area contributed by atoms with Crippen molar-refractivity contribution in [2.75, 3.05) is 0 Å². The maximum Gasteiger partial charge on any atom is 0.249 e. The molecule has 0 aliphatic heterocycles. The minimum absolute atomic E-state index is 0.0223. The molecule has 1 N–H and O–H groups in total. The molecule has 1 aromatic carbocycles. The highest BCUT2D eigenvalue weighted by Gasteiger charge is 2.46. The van der Waals surface area contributed by atoms with Gasteiger partial charge in [0.25, 0.3) is 0 Å². The molecule has 2 atom stereocenters. The number of phenolic OH excluding ortho intramolecular Hbond substituents is 1. The molecule has 1 fully saturated rings. The first-order valence-corrected chi connectivity index (χ1v) is 10.7. The third kappa shape index (κ3) is 4.45. The van der Waals surface area contributed by atoms with Gasteiger partial charge in [0.1, 0.15) is 10.8 Å². The summed E-state index contributed by atoms with van der Waals surface area (Å²) in [6.45, 7) is 3.89. The number of alkyl halides is 2. The van der Waals surface area contributed by atoms with Crippen LogP contribution in [-0.2, 0) is 0 Å². The molecule has 1 saturated carbocycles. The van der Waals surface area contributed by atoms with Gasteiger partial charge in [0.15, 0.2) is 5.82 Å². The third-order valence-electron chi connectivity index (χ3n) is 5.64. The van der Waals surface area contributed by atoms with Crippen molar-refractivity contribution in [2.24, 2.45) is 5.41 Å². The summed E-state index contributed by atoms with van der Waals surface area (Å²) < 4.78 is 30.2. The lowest BCUT2D eigenvalue weighted by atomic mass is 9.72. The highest BCUT2D eigenvalue weighted by atomic mass is 32.2. The van der Waals surface area contributed by atoms with Crippen LogP contribution in [-0.4, -0.2) is 41.0 Å². The Bertz CT molecular complexity index is 1010. The summed E-state index contributed by atoms with van der Waals surface area (Å²) in [7, 11) is 0. The average molecular weight is 432 g/mol. The van der Waals surface area contributed by atoms with Gasteiger partial charge in [-0.05, 0) is 24.0 Å². The van der Waals surface area contributed by atoms with Crippen molar-refractivity contribution in [3.05, 3.63) is 43.1 Å². The molecular weight excluding hydrogens is 408 g/mol. The number of hydrogen-bond acceptors (Lipinski definition) is 6. The zero-order chi connectivity index (χ0) is 21.4. The summed E-state index contributed by atoms with van der Waals surface area (Å²) in [5, 5.41) is 18.9. The van der Waals surface area contributed by atoms with Crippen molar-refractivity contribution in [2.45, 2.75) is 55.7 Å². The minimum atomic E-state index is -2.66. The molecule has 0 radical (unpaired) electrons. The number of rotatable bonds is 5. The van der Waals surface area contributed by atoms with Gasteiger partial charge in [0, 0.05) is 36.6 Å². The quantitative estimate of drug-likeness (QED) is 0.604. The van der Waals surface area contributed by atoms with E-state index in [4.69, 9.17) is 0 Å². The molecule has 158 valence electrons. The molecule has 0 spiro atoms. The molecule has 3 aromatic rings. The topological polar surface area (TPSA) is 76.7 Å². The number of imidazole rings is 1. The second-order valence-corrected chi connectivity index (χ2v) is 9.46. The molecule has 0 unspecified atom stereocenters. The first-order chi connectivity index (χ1) is 14.3. The van der Waals surface area contributed by atoms with Crippen LogP contribution < -0.4 is 0 Å². The van der Waals surface area contributed by atoms with Crippen LogP contribution >= 0.6 is 11.8 Å². The summed E-state index contributed by atoms with van der Waals surface area (Å²) in [6, 6.07) is 5.13. The van der Waals surface area contributed by atoms with E-state index in [0.29, 0.717) is 17.0 Å². The molecule has 2 aromatic heterocycles. The molecule has 2 heterocycles. The summed E-state index contributed by atoms with van der Waals surface area (Å²) in [5.41, 5.74) is 0.833. The Morgan fingerprint density at radius 1 is 1.27 bits per heavy atom. The Morgan fingerprint density at radius 2 is 2.10 bits per heavy atom. The molecule has 0 amide bonds. The van der Waals surface area contributed by atoms with E-state index >= 15 is 0 Å². The Kier molecular flexibility index (Phi) is 5.48. The van der Waals surface area contributed by atoms with Gasteiger partial charge in [-0.15, -0.1) is 10.2 Å². The molecule has 1 aliphatic carbocycles. The average Bonchev–Trinajstić information content (AvgIpc) is 3.22. The normalized spacial score (nSPS) is 23.4. The van der Waals surface area contributed by atoms with Gasteiger partial charge in [-0.2, -0.15) is 0 Å². The van der Waals surface area contributed by atoms with E-state index in [2.05, 4.69) is 20.2 Å². The van der Waals surface area contributed by atoms with Crippen LogP contribution in [0.2, 0.25) is 0 Å². The van der Waals surface area contributed by atoms with Crippen molar-refractivity contribution in [1.29, 1.82) is 0 Å². The van der Waals surface area contributed by atoms with E-state index in [1.54, 1.807) is 35.4 Å². The van der Waals surface area contributed by atoms with E-state index < -0.39 is 5.92 Å². The van der Waals surface area contributed by atoms with Crippen LogP contribution in [0.5, 0.6) is 5.75 Å². The maximum atomic E-state index is 14.2. The number of phenols is 1. The van der Waals surface area contributed by atoms with Gasteiger partial charge >= 0.3 is 0 Å². The van der Waals surface area contributed by atoms with E-state index in [9.17, 15) is 13.9 Å². The lowest BCUT2D eigenvalue weighted by Crippen LogP contribution is -2.39. The summed E-state index contributed by atoms with van der Waals surface area (Å²) in [4.78, 5) is 8.29. The zero-order valence-electron chi connectivity index (χ0n) is 16.8. The highest BCUT2D eigenvalue weighted by Crippen LogP contribution is 2.50. The van der Waals surface area contributed by atoms with E-state index in [1.807, 2.05) is 19.9 Å². The van der Waals surface area contributed by atoms with Gasteiger partial charge in [-0.25, -0.2) is 18.7 Å². The number of aromatic nitrogens is 5. The number of benzene rings is 1. The summed E-state index contributed by atoms with van der Waals surface area (Å²) in [6.07, 6.45) is 7.80. The molecule has 6 nitrogen and oxygen atoms in total. The van der Waals surface area contributed by atoms with Gasteiger partial charge in [0.2, 0.25) is 5.92 Å². The van der Waals surface area contributed by atoms with Crippen LogP contribution in [0.3, 0.4) is 0 Å². The van der Waals surface area contributed by atoms with Crippen LogP contribution in [0.4, 0.5) is 8.78 Å². The molecule has 0 bridgehead atoms. The first-order valence-electron chi connectivity index (χ1n) is 9.83. The zero-order valence-corrected chi connectivity index (χ0v) is 17.6. The molecule has 1 aliphatic rings. The molecule has 4 rings (SSSR count). The van der Waals surface area contributed by atoms with Crippen LogP contribution in [0.1, 0.15) is 39.5 Å². The van der Waals surface area contributed by atoms with Crippen molar-refractivity contribution >= 4 is 11.8 Å². The highest BCUT2D eigenvalue weighted by molar-refractivity contribution is 7.99. The monoisotopic (exact) mass is 431 g/mol. The molecular formula is C21H23F2N5OS. The van der Waals surface area contributed by atoms with Gasteiger partial charge in [-0.1, -0.05) is 32.0 Å². The molecule has 0 saturated heterocycles. The van der Waals surface area contributed by atoms with Crippen molar-refractivity contribution in [3.8, 4) is 22.8 Å². The predicted octanol–water partition coefficient (Wildman–Crippen LogP) is 5.13. The van der Waals surface area contributed by atoms with Crippen molar-refractivity contribution < 1.29 is 13.9 Å². The first kappa shape index (κ1) is 20.7. The van der Waals surface area contributed by atoms with Gasteiger partial charge in [-0.3, -0.25) is 0 Å². The Morgan fingerprint density at radius 3 is 2.73 bits per heavy atom. The predicted molar refractivity (Wildman–Crippen MR) is 111 cm³/mol. The number of hydrogen-bond donors (Lipinski definition) is 1. The Labute approximate surface area is 177 Å². The fourth-order valence-corrected chi connectivity index (χ4v) is 5.33. The van der Waals surface area contributed by atoms with Gasteiger partial charge in [0.05, 0.1) is 23.8 Å². The summed E-state index contributed by atoms with van der Waals surface area (Å²) >= 11 is 1.30. The summed E-state index contributed by atoms with van der Waals surface area (Å²) in [5.74, 6) is -2.36. The fraction of sp³-hybridized carbons (Fsp3) is 0.429. The van der Waals surface area contributed by atoms with Crippen molar-refractivity contribution in [3.63, 3.8) is 0 Å². The molecule has 30 heavy (non-hydrogen) atoms. The fourth-order valence-electron chi connectivity index (χ4n) is 3.97. The standard InChI is InChI=1S/C21H23F2N5OS/c1-3-20(2)9-15(10-21(22,23)12-20)30-18-11-25-19(27-26-18)16-5-4-14(8-17(16)29)28-7-6-24-13-28/h4-8,11,13,15,29H,3,9-10,12H2,1-2H3/t15-,20+/m1/s1. The third-order valence-corrected chi connectivity index (χ3v) is 6.73. The number of halogens is 2. The number of aromatic hydroxyl groups is 1. The van der Waals surface area contributed by atoms with E-state index in [1.165, 1.54) is 18.0 Å². The van der Waals surface area contributed by atoms with Crippen molar-refractivity contribution in [1.82, 2.24) is 24.7 Å². The smallest absolute Gasteiger partial charge is 0.249 e. The molecule has 9 heteroatoms. The van der Waals surface area contributed by atoms with Gasteiger partial charge < -0.3 is 9.67 Å². The van der Waals surface area contributed by atoms with Crippen LogP contribution in [0.15, 0.2) is 48.1 Å². The Balaban J connectivity index is 1.49. The van der Waals surface area contributed by atoms with Crippen LogP contribution in [0.25, 0.3) is 17.1 Å². The second kappa shape index (κ2) is 7.94. The number of thioether (sulfide) groups is 1. The number of nitrogens with zero attached hydrogens (tertiary/aromatic N) is 5. The lowest BCUT2D eigenvalue weighted by Gasteiger charge is -2.41.